The summed E-state index contributed by atoms with van der Waals surface area (Å²) in [6, 6.07) is 13.3. The fourth-order valence-electron chi connectivity index (χ4n) is 4.53. The van der Waals surface area contributed by atoms with Crippen LogP contribution in [0.3, 0.4) is 0 Å². The fraction of sp³-hybridized carbons (Fsp3) is 0.241. The lowest BCUT2D eigenvalue weighted by molar-refractivity contribution is -0.159. The molecule has 0 aliphatic carbocycles. The predicted octanol–water partition coefficient (Wildman–Crippen LogP) is 6.58. The molecule has 4 aromatic rings. The first kappa shape index (κ1) is 34.8. The van der Waals surface area contributed by atoms with Crippen LogP contribution < -0.4 is 9.44 Å². The highest BCUT2D eigenvalue weighted by Crippen LogP contribution is 2.43. The zero-order chi connectivity index (χ0) is 33.7. The average Bonchev–Trinajstić information content (AvgIpc) is 3.04. The number of aryl methyl sites for hydroxylation is 2. The smallest absolute Gasteiger partial charge is 0.263 e. The van der Waals surface area contributed by atoms with E-state index in [9.17, 15) is 22.8 Å². The van der Waals surface area contributed by atoms with Crippen molar-refractivity contribution in [1.29, 1.82) is 0 Å². The van der Waals surface area contributed by atoms with Gasteiger partial charge in [-0.15, -0.1) is 9.45 Å². The van der Waals surface area contributed by atoms with E-state index in [1.165, 1.54) is 48.6 Å². The predicted molar refractivity (Wildman–Crippen MR) is 179 cm³/mol. The monoisotopic (exact) mass is 723 g/mol. The van der Waals surface area contributed by atoms with E-state index < -0.39 is 21.1 Å². The van der Waals surface area contributed by atoms with Crippen LogP contribution in [-0.4, -0.2) is 61.3 Å². The molecule has 5 rings (SSSR count). The summed E-state index contributed by atoms with van der Waals surface area (Å²) in [6.45, 7) is 5.19. The van der Waals surface area contributed by atoms with Gasteiger partial charge in [-0.2, -0.15) is 14.5 Å². The Labute approximate surface area is 282 Å². The molecule has 1 fully saturated rings. The van der Waals surface area contributed by atoms with Crippen molar-refractivity contribution >= 4 is 78.5 Å². The highest BCUT2D eigenvalue weighted by molar-refractivity contribution is 7.95. The maximum atomic E-state index is 13.3. The van der Waals surface area contributed by atoms with Crippen LogP contribution in [0.1, 0.15) is 11.1 Å². The molecular formula is C29H30ClN5O9S3. The Morgan fingerprint density at radius 3 is 2.49 bits per heavy atom. The number of hydroxylamine groups is 2. The van der Waals surface area contributed by atoms with E-state index >= 15 is 0 Å². The molecule has 14 nitrogen and oxygen atoms in total. The number of halogens is 1. The molecule has 18 heteroatoms. The molecule has 1 heterocycles. The Morgan fingerprint density at radius 2 is 1.77 bits per heavy atom. The van der Waals surface area contributed by atoms with E-state index in [0.29, 0.717) is 42.8 Å². The average molecular weight is 724 g/mol. The third kappa shape index (κ3) is 8.14. The first-order valence-corrected chi connectivity index (χ1v) is 17.5. The minimum atomic E-state index is -4.19. The number of azo groups is 1. The SMILES string of the molecule is COOSNc1cccc2c(O)c(S(=O)ON3CCOCC3)cc(N=Nc3ccc(S(=O)(=O)Nc4cc(C)c(C)cc4O)c(Cl)c3)c12. The normalized spacial score (nSPS) is 14.9. The number of nitrogens with zero attached hydrogens (tertiary/aromatic N) is 3. The van der Waals surface area contributed by atoms with Gasteiger partial charge in [-0.3, -0.25) is 4.72 Å². The number of phenolic OH excluding ortho intramolecular Hbond substituents is 2. The summed E-state index contributed by atoms with van der Waals surface area (Å²) in [7, 11) is -2.85. The topological polar surface area (TPSA) is 181 Å². The highest BCUT2D eigenvalue weighted by Gasteiger charge is 2.24. The van der Waals surface area contributed by atoms with Crippen LogP contribution in [0.25, 0.3) is 10.8 Å². The molecule has 47 heavy (non-hydrogen) atoms. The van der Waals surface area contributed by atoms with E-state index in [1.807, 2.05) is 0 Å². The van der Waals surface area contributed by atoms with Crippen LogP contribution in [0, 0.1) is 13.8 Å². The molecule has 0 bridgehead atoms. The van der Waals surface area contributed by atoms with Gasteiger partial charge in [0.05, 0.1) is 48.1 Å². The van der Waals surface area contributed by atoms with Crippen LogP contribution in [0.2, 0.25) is 5.02 Å². The zero-order valence-corrected chi connectivity index (χ0v) is 28.4. The van der Waals surface area contributed by atoms with Gasteiger partial charge in [0.25, 0.3) is 10.0 Å². The van der Waals surface area contributed by atoms with Crippen molar-refractivity contribution in [3.8, 4) is 11.5 Å². The van der Waals surface area contributed by atoms with Gasteiger partial charge in [-0.05, 0) is 67.4 Å². The fourth-order valence-corrected chi connectivity index (χ4v) is 7.39. The van der Waals surface area contributed by atoms with Gasteiger partial charge in [0, 0.05) is 23.9 Å². The number of hydrogen-bond acceptors (Lipinski definition) is 14. The summed E-state index contributed by atoms with van der Waals surface area (Å²) in [4.78, 5) is 4.33. The maximum Gasteiger partial charge on any atom is 0.263 e. The van der Waals surface area contributed by atoms with E-state index in [0.717, 1.165) is 23.4 Å². The van der Waals surface area contributed by atoms with E-state index in [2.05, 4.69) is 24.6 Å². The van der Waals surface area contributed by atoms with Crippen molar-refractivity contribution in [3.05, 3.63) is 70.7 Å². The molecule has 0 amide bonds. The molecule has 4 aromatic carbocycles. The van der Waals surface area contributed by atoms with Crippen molar-refractivity contribution < 1.29 is 41.1 Å². The number of nitrogens with one attached hydrogen (secondary N) is 2. The molecule has 1 unspecified atom stereocenters. The Hall–Kier alpha value is -3.52. The number of aromatic hydroxyl groups is 2. The third-order valence-electron chi connectivity index (χ3n) is 6.99. The van der Waals surface area contributed by atoms with Crippen molar-refractivity contribution in [1.82, 2.24) is 5.06 Å². The van der Waals surface area contributed by atoms with Gasteiger partial charge >= 0.3 is 0 Å². The second-order valence-electron chi connectivity index (χ2n) is 10.1. The van der Waals surface area contributed by atoms with E-state index in [1.54, 1.807) is 32.0 Å². The van der Waals surface area contributed by atoms with E-state index in [-0.39, 0.29) is 43.4 Å². The summed E-state index contributed by atoms with van der Waals surface area (Å²) < 4.78 is 60.7. The van der Waals surface area contributed by atoms with Crippen molar-refractivity contribution in [2.45, 2.75) is 23.6 Å². The lowest BCUT2D eigenvalue weighted by atomic mass is 10.1. The molecule has 1 saturated heterocycles. The summed E-state index contributed by atoms with van der Waals surface area (Å²) in [6.07, 6.45) is 0. The number of anilines is 2. The van der Waals surface area contributed by atoms with Crippen LogP contribution in [0.4, 0.5) is 22.7 Å². The Kier molecular flexibility index (Phi) is 11.2. The quantitative estimate of drug-likeness (QED) is 0.0235. The maximum absolute atomic E-state index is 13.3. The molecule has 0 aromatic heterocycles. The van der Waals surface area contributed by atoms with Crippen LogP contribution in [0.5, 0.6) is 11.5 Å². The van der Waals surface area contributed by atoms with E-state index in [4.69, 9.17) is 25.0 Å². The minimum Gasteiger partial charge on any atom is -0.506 e. The Bertz CT molecular complexity index is 1960. The molecule has 0 radical (unpaired) electrons. The van der Waals surface area contributed by atoms with Gasteiger partial charge in [-0.25, -0.2) is 17.5 Å². The summed E-state index contributed by atoms with van der Waals surface area (Å²) >= 11 is 5.05. The number of benzene rings is 4. The number of ether oxygens (including phenoxy) is 1. The standard InChI is InChI=1S/C29H30ClN5O9S3/c1-17-13-23(25(36)14-18(17)2)34-47(39,40)27-8-7-19(15-21(27)30)31-32-24-16-26(46(38)43-35-9-11-42-12-10-35)29(37)20-5-4-6-22(28(20)24)33-45-44-41-3/h4-8,13-16,33-34,36-37H,9-12H2,1-3H3. The Balaban J connectivity index is 1.49. The minimum absolute atomic E-state index is 0.0106. The molecular weight excluding hydrogens is 694 g/mol. The lowest BCUT2D eigenvalue weighted by Gasteiger charge is -2.24. The van der Waals surface area contributed by atoms with Gasteiger partial charge in [0.15, 0.2) is 0 Å². The molecule has 4 N–H and O–H groups in total. The summed E-state index contributed by atoms with van der Waals surface area (Å²) in [5.41, 5.74) is 2.43. The molecule has 0 spiro atoms. The highest BCUT2D eigenvalue weighted by atomic mass is 35.5. The van der Waals surface area contributed by atoms with Crippen LogP contribution in [-0.2, 0) is 39.3 Å². The number of sulfonamides is 1. The zero-order valence-electron chi connectivity index (χ0n) is 25.2. The third-order valence-corrected chi connectivity index (χ3v) is 10.4. The van der Waals surface area contributed by atoms with Gasteiger partial charge < -0.3 is 19.7 Å². The lowest BCUT2D eigenvalue weighted by Crippen LogP contribution is -2.36. The van der Waals surface area contributed by atoms with Crippen molar-refractivity contribution in [2.24, 2.45) is 10.2 Å². The van der Waals surface area contributed by atoms with Gasteiger partial charge in [-0.1, -0.05) is 23.7 Å². The summed E-state index contributed by atoms with van der Waals surface area (Å²) in [5, 5.41) is 32.1. The number of hydrogen-bond donors (Lipinski definition) is 4. The second-order valence-corrected chi connectivity index (χ2v) is 13.7. The van der Waals surface area contributed by atoms with Crippen LogP contribution in [0.15, 0.2) is 74.6 Å². The van der Waals surface area contributed by atoms with Gasteiger partial charge in [0.2, 0.25) is 11.1 Å². The Morgan fingerprint density at radius 1 is 1.02 bits per heavy atom. The summed E-state index contributed by atoms with van der Waals surface area (Å²) in [5.74, 6) is -0.511. The number of fused-ring (bicyclic) bond motifs is 1. The number of phenols is 2. The molecule has 250 valence electrons. The van der Waals surface area contributed by atoms with Gasteiger partial charge in [0.1, 0.15) is 33.5 Å². The van der Waals surface area contributed by atoms with Crippen molar-refractivity contribution in [3.63, 3.8) is 0 Å². The van der Waals surface area contributed by atoms with Crippen molar-refractivity contribution in [2.75, 3.05) is 42.9 Å². The molecule has 1 aliphatic rings. The first-order valence-electron chi connectivity index (χ1n) is 13.9. The molecule has 1 aliphatic heterocycles. The number of rotatable bonds is 12. The number of morpholine rings is 1. The van der Waals surface area contributed by atoms with Crippen LogP contribution >= 0.6 is 23.8 Å². The largest absolute Gasteiger partial charge is 0.506 e. The second kappa shape index (κ2) is 15.1. The molecule has 1 atom stereocenters. The first-order chi connectivity index (χ1) is 22.5. The molecule has 0 saturated carbocycles.